The quantitative estimate of drug-likeness (QED) is 0.921. The third kappa shape index (κ3) is 2.90. The van der Waals surface area contributed by atoms with Gasteiger partial charge >= 0.3 is 0 Å². The molecular formula is C14H14O3S. The monoisotopic (exact) mass is 262 g/mol. The van der Waals surface area contributed by atoms with Crippen molar-refractivity contribution in [3.8, 4) is 11.5 Å². The molecule has 2 rings (SSSR count). The van der Waals surface area contributed by atoms with Crippen molar-refractivity contribution in [1.29, 1.82) is 0 Å². The number of ether oxygens (including phenoxy) is 1. The van der Waals surface area contributed by atoms with Crippen molar-refractivity contribution >= 4 is 10.8 Å². The SMILES string of the molecule is CS(=O)c1cccc(O)c1OCc1ccccc1. The summed E-state index contributed by atoms with van der Waals surface area (Å²) in [4.78, 5) is 0.505. The zero-order valence-electron chi connectivity index (χ0n) is 10.00. The van der Waals surface area contributed by atoms with Crippen LogP contribution in [0.3, 0.4) is 0 Å². The Balaban J connectivity index is 2.21. The lowest BCUT2D eigenvalue weighted by Gasteiger charge is -2.11. The molecule has 1 atom stereocenters. The molecule has 0 fully saturated rings. The smallest absolute Gasteiger partial charge is 0.177 e. The van der Waals surface area contributed by atoms with Gasteiger partial charge < -0.3 is 9.84 Å². The van der Waals surface area contributed by atoms with Gasteiger partial charge in [-0.3, -0.25) is 4.21 Å². The number of aromatic hydroxyl groups is 1. The second-order valence-corrected chi connectivity index (χ2v) is 5.18. The minimum Gasteiger partial charge on any atom is -0.504 e. The van der Waals surface area contributed by atoms with E-state index in [1.54, 1.807) is 18.4 Å². The molecule has 0 aliphatic rings. The highest BCUT2D eigenvalue weighted by Gasteiger charge is 2.12. The van der Waals surface area contributed by atoms with Gasteiger partial charge in [0.2, 0.25) is 0 Å². The van der Waals surface area contributed by atoms with E-state index in [4.69, 9.17) is 4.74 Å². The van der Waals surface area contributed by atoms with Crippen LogP contribution in [0, 0.1) is 0 Å². The summed E-state index contributed by atoms with van der Waals surface area (Å²) in [5.41, 5.74) is 0.994. The van der Waals surface area contributed by atoms with Crippen molar-refractivity contribution in [1.82, 2.24) is 0 Å². The fraction of sp³-hybridized carbons (Fsp3) is 0.143. The Labute approximate surface area is 109 Å². The zero-order chi connectivity index (χ0) is 13.0. The molecular weight excluding hydrogens is 248 g/mol. The first-order chi connectivity index (χ1) is 8.68. The lowest BCUT2D eigenvalue weighted by molar-refractivity contribution is 0.281. The molecule has 0 aliphatic heterocycles. The number of para-hydroxylation sites is 1. The fourth-order valence-corrected chi connectivity index (χ4v) is 2.30. The molecule has 0 spiro atoms. The van der Waals surface area contributed by atoms with E-state index in [1.165, 1.54) is 6.07 Å². The molecule has 0 aromatic heterocycles. The van der Waals surface area contributed by atoms with Crippen LogP contribution in [0.1, 0.15) is 5.56 Å². The summed E-state index contributed by atoms with van der Waals surface area (Å²) in [5, 5.41) is 9.76. The van der Waals surface area contributed by atoms with Crippen molar-refractivity contribution in [3.63, 3.8) is 0 Å². The van der Waals surface area contributed by atoms with Gasteiger partial charge in [0.15, 0.2) is 11.5 Å². The minimum atomic E-state index is -1.19. The van der Waals surface area contributed by atoms with Crippen molar-refractivity contribution < 1.29 is 14.1 Å². The van der Waals surface area contributed by atoms with E-state index in [9.17, 15) is 9.32 Å². The molecule has 3 nitrogen and oxygen atoms in total. The van der Waals surface area contributed by atoms with E-state index in [1.807, 2.05) is 30.3 Å². The van der Waals surface area contributed by atoms with Crippen molar-refractivity contribution in [3.05, 3.63) is 54.1 Å². The van der Waals surface area contributed by atoms with Crippen molar-refractivity contribution in [2.75, 3.05) is 6.26 Å². The van der Waals surface area contributed by atoms with E-state index in [-0.39, 0.29) is 5.75 Å². The first-order valence-electron chi connectivity index (χ1n) is 5.50. The molecule has 0 saturated heterocycles. The van der Waals surface area contributed by atoms with Crippen LogP contribution in [0.4, 0.5) is 0 Å². The van der Waals surface area contributed by atoms with Crippen LogP contribution in [0.5, 0.6) is 11.5 Å². The molecule has 0 bridgehead atoms. The Kier molecular flexibility index (Phi) is 3.99. The first-order valence-corrected chi connectivity index (χ1v) is 7.06. The Bertz CT molecular complexity index is 552. The Hall–Kier alpha value is -1.81. The van der Waals surface area contributed by atoms with Crippen molar-refractivity contribution in [2.24, 2.45) is 0 Å². The van der Waals surface area contributed by atoms with Gasteiger partial charge in [-0.15, -0.1) is 0 Å². The van der Waals surface area contributed by atoms with E-state index in [2.05, 4.69) is 0 Å². The number of rotatable bonds is 4. The third-order valence-corrected chi connectivity index (χ3v) is 3.43. The summed E-state index contributed by atoms with van der Waals surface area (Å²) in [6.07, 6.45) is 1.56. The zero-order valence-corrected chi connectivity index (χ0v) is 10.8. The van der Waals surface area contributed by atoms with Crippen LogP contribution < -0.4 is 4.74 Å². The minimum absolute atomic E-state index is 0.0126. The summed E-state index contributed by atoms with van der Waals surface area (Å²) >= 11 is 0. The molecule has 0 radical (unpaired) electrons. The standard InChI is InChI=1S/C14H14O3S/c1-18(16)13-9-5-8-12(15)14(13)17-10-11-6-3-2-4-7-11/h2-9,15H,10H2,1H3. The number of phenolic OH excluding ortho intramolecular Hbond substituents is 1. The first kappa shape index (κ1) is 12.6. The maximum absolute atomic E-state index is 11.5. The fourth-order valence-electron chi connectivity index (χ4n) is 1.61. The molecule has 4 heteroatoms. The Morgan fingerprint density at radius 2 is 1.83 bits per heavy atom. The highest BCUT2D eigenvalue weighted by Crippen LogP contribution is 2.32. The van der Waals surface area contributed by atoms with Gasteiger partial charge in [0.1, 0.15) is 6.61 Å². The predicted octanol–water partition coefficient (Wildman–Crippen LogP) is 2.71. The average molecular weight is 262 g/mol. The number of hydrogen-bond acceptors (Lipinski definition) is 3. The maximum atomic E-state index is 11.5. The lowest BCUT2D eigenvalue weighted by Crippen LogP contribution is -1.99. The summed E-state index contributed by atoms with van der Waals surface area (Å²) in [6.45, 7) is 0.336. The molecule has 94 valence electrons. The summed E-state index contributed by atoms with van der Waals surface area (Å²) in [5.74, 6) is 0.306. The van der Waals surface area contributed by atoms with E-state index >= 15 is 0 Å². The summed E-state index contributed by atoms with van der Waals surface area (Å²) in [6, 6.07) is 14.5. The number of phenols is 1. The van der Waals surface area contributed by atoms with Gasteiger partial charge in [-0.1, -0.05) is 36.4 Å². The van der Waals surface area contributed by atoms with E-state index in [0.717, 1.165) is 5.56 Å². The van der Waals surface area contributed by atoms with Gasteiger partial charge in [0, 0.05) is 6.26 Å². The average Bonchev–Trinajstić information content (AvgIpc) is 2.38. The van der Waals surface area contributed by atoms with Crippen LogP contribution in [-0.2, 0) is 17.4 Å². The Morgan fingerprint density at radius 1 is 1.11 bits per heavy atom. The van der Waals surface area contributed by atoms with Crippen LogP contribution in [0.15, 0.2) is 53.4 Å². The molecule has 1 N–H and O–H groups in total. The molecule has 0 amide bonds. The number of benzene rings is 2. The van der Waals surface area contributed by atoms with Gasteiger partial charge in [0.05, 0.1) is 15.7 Å². The van der Waals surface area contributed by atoms with Crippen LogP contribution in [0.2, 0.25) is 0 Å². The molecule has 2 aromatic carbocycles. The van der Waals surface area contributed by atoms with Gasteiger partial charge in [0.25, 0.3) is 0 Å². The van der Waals surface area contributed by atoms with Gasteiger partial charge in [-0.05, 0) is 17.7 Å². The molecule has 0 aliphatic carbocycles. The molecule has 18 heavy (non-hydrogen) atoms. The normalized spacial score (nSPS) is 12.1. The number of hydrogen-bond donors (Lipinski definition) is 1. The largest absolute Gasteiger partial charge is 0.504 e. The topological polar surface area (TPSA) is 46.5 Å². The van der Waals surface area contributed by atoms with Crippen molar-refractivity contribution in [2.45, 2.75) is 11.5 Å². The molecule has 0 heterocycles. The predicted molar refractivity (Wildman–Crippen MR) is 71.2 cm³/mol. The summed E-state index contributed by atoms with van der Waals surface area (Å²) < 4.78 is 17.1. The highest BCUT2D eigenvalue weighted by molar-refractivity contribution is 7.84. The van der Waals surface area contributed by atoms with Crippen LogP contribution in [-0.4, -0.2) is 15.6 Å². The van der Waals surface area contributed by atoms with Crippen LogP contribution in [0.25, 0.3) is 0 Å². The van der Waals surface area contributed by atoms with Gasteiger partial charge in [-0.2, -0.15) is 0 Å². The second kappa shape index (κ2) is 5.69. The highest BCUT2D eigenvalue weighted by atomic mass is 32.2. The maximum Gasteiger partial charge on any atom is 0.177 e. The Morgan fingerprint density at radius 3 is 2.50 bits per heavy atom. The van der Waals surface area contributed by atoms with Crippen LogP contribution >= 0.6 is 0 Å². The molecule has 0 saturated carbocycles. The molecule has 2 aromatic rings. The second-order valence-electron chi connectivity index (χ2n) is 3.83. The van der Waals surface area contributed by atoms with E-state index in [0.29, 0.717) is 17.3 Å². The van der Waals surface area contributed by atoms with E-state index < -0.39 is 10.8 Å². The molecule has 1 unspecified atom stereocenters. The van der Waals surface area contributed by atoms with Gasteiger partial charge in [-0.25, -0.2) is 0 Å². The lowest BCUT2D eigenvalue weighted by atomic mass is 10.2. The summed E-state index contributed by atoms with van der Waals surface area (Å²) in [7, 11) is -1.19. The third-order valence-electron chi connectivity index (χ3n) is 2.49.